The molecule has 92 valence electrons. The van der Waals surface area contributed by atoms with Gasteiger partial charge in [-0.25, -0.2) is 0 Å². The lowest BCUT2D eigenvalue weighted by atomic mass is 10.1. The summed E-state index contributed by atoms with van der Waals surface area (Å²) in [6.07, 6.45) is 1.84. The van der Waals surface area contributed by atoms with Crippen molar-refractivity contribution in [2.24, 2.45) is 18.7 Å². The Kier molecular flexibility index (Phi) is 4.79. The minimum Gasteiger partial charge on any atom is -0.326 e. The zero-order valence-corrected chi connectivity index (χ0v) is 12.0. The summed E-state index contributed by atoms with van der Waals surface area (Å²) in [6, 6.07) is 0.317. The topological polar surface area (TPSA) is 47.1 Å². The van der Waals surface area contributed by atoms with E-state index in [9.17, 15) is 0 Å². The van der Waals surface area contributed by atoms with Crippen molar-refractivity contribution >= 4 is 28.3 Å². The second-order valence-corrected chi connectivity index (χ2v) is 5.25. The minimum absolute atomic E-state index is 0. The van der Waals surface area contributed by atoms with Crippen LogP contribution in [0.15, 0.2) is 10.7 Å². The molecule has 0 radical (unpaired) electrons. The molecule has 0 saturated carbocycles. The lowest BCUT2D eigenvalue weighted by Gasteiger charge is -2.15. The first kappa shape index (κ1) is 14.0. The van der Waals surface area contributed by atoms with Gasteiger partial charge in [-0.3, -0.25) is 9.58 Å². The lowest BCUT2D eigenvalue weighted by Crippen LogP contribution is -2.28. The number of likely N-dealkylation sites (tertiary alicyclic amines) is 1. The molecule has 1 aromatic rings. The zero-order chi connectivity index (χ0) is 11.0. The molecule has 6 heteroatoms. The van der Waals surface area contributed by atoms with Gasteiger partial charge in [0.1, 0.15) is 0 Å². The molecule has 2 unspecified atom stereocenters. The molecule has 1 aliphatic rings. The van der Waals surface area contributed by atoms with Crippen LogP contribution in [0.2, 0.25) is 0 Å². The summed E-state index contributed by atoms with van der Waals surface area (Å²) in [6.45, 7) is 5.20. The molecule has 1 aromatic heterocycles. The van der Waals surface area contributed by atoms with Crippen LogP contribution in [0.25, 0.3) is 0 Å². The molecule has 2 heterocycles. The largest absolute Gasteiger partial charge is 0.326 e. The van der Waals surface area contributed by atoms with Crippen molar-refractivity contribution in [3.63, 3.8) is 0 Å². The van der Waals surface area contributed by atoms with E-state index in [1.165, 1.54) is 5.69 Å². The van der Waals surface area contributed by atoms with Gasteiger partial charge in [-0.05, 0) is 21.8 Å². The van der Waals surface area contributed by atoms with Crippen LogP contribution in [0.1, 0.15) is 12.6 Å². The van der Waals surface area contributed by atoms with Crippen LogP contribution >= 0.6 is 28.3 Å². The first-order chi connectivity index (χ1) is 7.08. The van der Waals surface area contributed by atoms with Gasteiger partial charge in [0.15, 0.2) is 0 Å². The average molecular weight is 310 g/mol. The number of hydrogen-bond acceptors (Lipinski definition) is 3. The normalized spacial score (nSPS) is 25.8. The van der Waals surface area contributed by atoms with E-state index in [0.29, 0.717) is 12.0 Å². The van der Waals surface area contributed by atoms with Gasteiger partial charge in [-0.1, -0.05) is 6.92 Å². The second kappa shape index (κ2) is 5.49. The summed E-state index contributed by atoms with van der Waals surface area (Å²) >= 11 is 3.51. The van der Waals surface area contributed by atoms with Crippen molar-refractivity contribution in [3.8, 4) is 0 Å². The first-order valence-corrected chi connectivity index (χ1v) is 6.01. The molecule has 2 N–H and O–H groups in total. The van der Waals surface area contributed by atoms with Gasteiger partial charge in [-0.15, -0.1) is 12.4 Å². The minimum atomic E-state index is 0. The van der Waals surface area contributed by atoms with Gasteiger partial charge in [0.2, 0.25) is 0 Å². The maximum Gasteiger partial charge on any atom is 0.0663 e. The highest BCUT2D eigenvalue weighted by molar-refractivity contribution is 9.10. The van der Waals surface area contributed by atoms with E-state index in [1.807, 2.05) is 17.9 Å². The van der Waals surface area contributed by atoms with Crippen molar-refractivity contribution in [2.75, 3.05) is 13.1 Å². The van der Waals surface area contributed by atoms with E-state index in [-0.39, 0.29) is 12.4 Å². The number of rotatable bonds is 2. The van der Waals surface area contributed by atoms with Crippen LogP contribution in [0, 0.1) is 5.92 Å². The summed E-state index contributed by atoms with van der Waals surface area (Å²) in [4.78, 5) is 2.39. The fourth-order valence-corrected chi connectivity index (χ4v) is 2.52. The third-order valence-corrected chi connectivity index (χ3v) is 3.79. The third kappa shape index (κ3) is 2.77. The molecule has 0 bridgehead atoms. The quantitative estimate of drug-likeness (QED) is 0.898. The number of aromatic nitrogens is 2. The summed E-state index contributed by atoms with van der Waals surface area (Å²) in [5, 5.41) is 4.21. The van der Waals surface area contributed by atoms with E-state index in [1.54, 1.807) is 0 Å². The Morgan fingerprint density at radius 1 is 1.56 bits per heavy atom. The molecule has 2 atom stereocenters. The third-order valence-electron chi connectivity index (χ3n) is 3.13. The summed E-state index contributed by atoms with van der Waals surface area (Å²) in [5.74, 6) is 0.594. The Hall–Kier alpha value is -0.100. The monoisotopic (exact) mass is 308 g/mol. The van der Waals surface area contributed by atoms with Gasteiger partial charge in [-0.2, -0.15) is 5.10 Å². The molecule has 0 aromatic carbocycles. The molecule has 4 nitrogen and oxygen atoms in total. The highest BCUT2D eigenvalue weighted by Crippen LogP contribution is 2.21. The van der Waals surface area contributed by atoms with E-state index in [0.717, 1.165) is 24.1 Å². The van der Waals surface area contributed by atoms with Crippen LogP contribution in [-0.4, -0.2) is 33.8 Å². The van der Waals surface area contributed by atoms with E-state index < -0.39 is 0 Å². The Morgan fingerprint density at radius 3 is 2.69 bits per heavy atom. The van der Waals surface area contributed by atoms with Crippen molar-refractivity contribution in [1.82, 2.24) is 14.7 Å². The predicted molar refractivity (Wildman–Crippen MR) is 70.6 cm³/mol. The van der Waals surface area contributed by atoms with Crippen LogP contribution < -0.4 is 5.73 Å². The van der Waals surface area contributed by atoms with Crippen molar-refractivity contribution in [1.29, 1.82) is 0 Å². The molecule has 0 amide bonds. The SMILES string of the molecule is CC1CN(Cc2c(Br)cnn2C)CC1N.Cl. The van der Waals surface area contributed by atoms with Crippen LogP contribution in [-0.2, 0) is 13.6 Å². The second-order valence-electron chi connectivity index (χ2n) is 4.40. The summed E-state index contributed by atoms with van der Waals surface area (Å²) < 4.78 is 3.00. The molecule has 1 fully saturated rings. The average Bonchev–Trinajstić information content (AvgIpc) is 2.64. The van der Waals surface area contributed by atoms with Gasteiger partial charge in [0, 0.05) is 32.7 Å². The Labute approximate surface area is 111 Å². The summed E-state index contributed by atoms with van der Waals surface area (Å²) in [7, 11) is 1.97. The number of halogens is 2. The van der Waals surface area contributed by atoms with Gasteiger partial charge >= 0.3 is 0 Å². The molecular weight excluding hydrogens is 291 g/mol. The van der Waals surface area contributed by atoms with Crippen molar-refractivity contribution in [2.45, 2.75) is 19.5 Å². The fourth-order valence-electron chi connectivity index (χ4n) is 2.05. The standard InChI is InChI=1S/C10H17BrN4.ClH/c1-7-4-15(5-9(7)12)6-10-8(11)3-13-14(10)2;/h3,7,9H,4-6,12H2,1-2H3;1H. The predicted octanol–water partition coefficient (Wildman–Crippen LogP) is 1.38. The Morgan fingerprint density at radius 2 is 2.25 bits per heavy atom. The molecule has 1 aliphatic heterocycles. The molecule has 16 heavy (non-hydrogen) atoms. The number of aryl methyl sites for hydroxylation is 1. The van der Waals surface area contributed by atoms with E-state index in [2.05, 4.69) is 32.9 Å². The Balaban J connectivity index is 0.00000128. The molecule has 1 saturated heterocycles. The highest BCUT2D eigenvalue weighted by atomic mass is 79.9. The lowest BCUT2D eigenvalue weighted by molar-refractivity contribution is 0.309. The van der Waals surface area contributed by atoms with Crippen molar-refractivity contribution < 1.29 is 0 Å². The van der Waals surface area contributed by atoms with Gasteiger partial charge in [0.25, 0.3) is 0 Å². The van der Waals surface area contributed by atoms with Crippen LogP contribution in [0.3, 0.4) is 0 Å². The molecule has 0 spiro atoms. The maximum atomic E-state index is 6.00. The zero-order valence-electron chi connectivity index (χ0n) is 9.56. The van der Waals surface area contributed by atoms with Crippen molar-refractivity contribution in [3.05, 3.63) is 16.4 Å². The fraction of sp³-hybridized carbons (Fsp3) is 0.700. The number of hydrogen-bond donors (Lipinski definition) is 1. The van der Waals surface area contributed by atoms with E-state index >= 15 is 0 Å². The summed E-state index contributed by atoms with van der Waals surface area (Å²) in [5.41, 5.74) is 7.22. The van der Waals surface area contributed by atoms with Gasteiger partial charge < -0.3 is 5.73 Å². The van der Waals surface area contributed by atoms with Gasteiger partial charge in [0.05, 0.1) is 16.4 Å². The first-order valence-electron chi connectivity index (χ1n) is 5.22. The molecule has 2 rings (SSSR count). The van der Waals surface area contributed by atoms with Crippen LogP contribution in [0.5, 0.6) is 0 Å². The number of nitrogens with zero attached hydrogens (tertiary/aromatic N) is 3. The highest BCUT2D eigenvalue weighted by Gasteiger charge is 2.27. The Bertz CT molecular complexity index is 325. The molecular formula is C10H18BrClN4. The smallest absolute Gasteiger partial charge is 0.0663 e. The van der Waals surface area contributed by atoms with E-state index in [4.69, 9.17) is 5.73 Å². The maximum absolute atomic E-state index is 6.00. The molecule has 0 aliphatic carbocycles. The number of nitrogens with two attached hydrogens (primary N) is 1. The van der Waals surface area contributed by atoms with Crippen LogP contribution in [0.4, 0.5) is 0 Å².